The van der Waals surface area contributed by atoms with Crippen molar-refractivity contribution < 1.29 is 4.74 Å². The van der Waals surface area contributed by atoms with Crippen LogP contribution in [0.25, 0.3) is 0 Å². The maximum Gasteiger partial charge on any atom is 0.129 e. The second kappa shape index (κ2) is 6.06. The fraction of sp³-hybridized carbons (Fsp3) is 0.588. The molecule has 0 radical (unpaired) electrons. The average Bonchev–Trinajstić information content (AvgIpc) is 3.35. The van der Waals surface area contributed by atoms with E-state index >= 15 is 0 Å². The van der Waals surface area contributed by atoms with Crippen molar-refractivity contribution in [2.45, 2.75) is 32.2 Å². The summed E-state index contributed by atoms with van der Waals surface area (Å²) >= 11 is 0. The Labute approximate surface area is 126 Å². The average molecular weight is 287 g/mol. The van der Waals surface area contributed by atoms with Crippen LogP contribution in [-0.2, 0) is 6.54 Å². The third-order valence-electron chi connectivity index (χ3n) is 4.39. The number of hydrogen-bond donors (Lipinski definition) is 2. The number of nitrogens with zero attached hydrogens (tertiary/aromatic N) is 1. The molecule has 0 aromatic heterocycles. The molecule has 0 heterocycles. The van der Waals surface area contributed by atoms with Crippen LogP contribution in [0.15, 0.2) is 18.2 Å². The number of nitrogens with two attached hydrogens (primary N) is 1. The normalized spacial score (nSPS) is 18.0. The number of benzene rings is 1. The molecule has 4 nitrogen and oxygen atoms in total. The number of hydrogen-bond acceptors (Lipinski definition) is 3. The van der Waals surface area contributed by atoms with E-state index in [1.807, 2.05) is 12.1 Å². The van der Waals surface area contributed by atoms with Crippen molar-refractivity contribution in [1.29, 1.82) is 5.41 Å². The quantitative estimate of drug-likeness (QED) is 0.570. The van der Waals surface area contributed by atoms with Gasteiger partial charge in [0.15, 0.2) is 0 Å². The predicted molar refractivity (Wildman–Crippen MR) is 84.7 cm³/mol. The third-order valence-corrected chi connectivity index (χ3v) is 4.39. The molecule has 2 saturated carbocycles. The molecule has 21 heavy (non-hydrogen) atoms. The zero-order chi connectivity index (χ0) is 14.8. The summed E-state index contributed by atoms with van der Waals surface area (Å²) < 4.78 is 5.28. The molecule has 1 aromatic rings. The number of methoxy groups -OCH3 is 1. The van der Waals surface area contributed by atoms with Crippen LogP contribution >= 0.6 is 0 Å². The number of nitrogen functional groups attached to an aromatic ring is 1. The smallest absolute Gasteiger partial charge is 0.129 e. The summed E-state index contributed by atoms with van der Waals surface area (Å²) in [5.74, 6) is 2.58. The van der Waals surface area contributed by atoms with E-state index in [4.69, 9.17) is 15.9 Å². The summed E-state index contributed by atoms with van der Waals surface area (Å²) in [4.78, 5) is 2.58. The monoisotopic (exact) mass is 287 g/mol. The molecule has 3 N–H and O–H groups in total. The molecular weight excluding hydrogens is 262 g/mol. The van der Waals surface area contributed by atoms with Crippen molar-refractivity contribution in [3.63, 3.8) is 0 Å². The summed E-state index contributed by atoms with van der Waals surface area (Å²) in [7, 11) is 1.62. The summed E-state index contributed by atoms with van der Waals surface area (Å²) in [6.07, 6.45) is 5.57. The lowest BCUT2D eigenvalue weighted by molar-refractivity contribution is 0.244. The number of amidine groups is 1. The van der Waals surface area contributed by atoms with E-state index in [1.165, 1.54) is 44.3 Å². The van der Waals surface area contributed by atoms with Crippen molar-refractivity contribution in [2.24, 2.45) is 17.6 Å². The van der Waals surface area contributed by atoms with Gasteiger partial charge >= 0.3 is 0 Å². The molecule has 0 aliphatic heterocycles. The summed E-state index contributed by atoms with van der Waals surface area (Å²) in [5, 5.41) is 7.69. The highest BCUT2D eigenvalue weighted by Gasteiger charge is 2.29. The van der Waals surface area contributed by atoms with Crippen LogP contribution in [0.2, 0.25) is 0 Å². The first-order valence-electron chi connectivity index (χ1n) is 7.89. The number of ether oxygens (including phenoxy) is 1. The van der Waals surface area contributed by atoms with Crippen LogP contribution in [0.1, 0.15) is 36.8 Å². The molecule has 0 atom stereocenters. The number of rotatable bonds is 8. The van der Waals surface area contributed by atoms with Crippen molar-refractivity contribution in [2.75, 3.05) is 20.2 Å². The SMILES string of the molecule is COc1ccc(CN(CC2CC2)CC2CC2)cc1C(=N)N. The Morgan fingerprint density at radius 3 is 2.33 bits per heavy atom. The fourth-order valence-electron chi connectivity index (χ4n) is 2.86. The Morgan fingerprint density at radius 1 is 1.24 bits per heavy atom. The third kappa shape index (κ3) is 3.97. The largest absolute Gasteiger partial charge is 0.496 e. The highest BCUT2D eigenvalue weighted by molar-refractivity contribution is 5.97. The van der Waals surface area contributed by atoms with Crippen molar-refractivity contribution >= 4 is 5.84 Å². The summed E-state index contributed by atoms with van der Waals surface area (Å²) in [6.45, 7) is 3.40. The first-order chi connectivity index (χ1) is 10.2. The lowest BCUT2D eigenvalue weighted by atomic mass is 10.1. The van der Waals surface area contributed by atoms with E-state index in [2.05, 4.69) is 11.0 Å². The molecule has 4 heteroatoms. The zero-order valence-corrected chi connectivity index (χ0v) is 12.8. The Morgan fingerprint density at radius 2 is 1.86 bits per heavy atom. The molecule has 2 aliphatic carbocycles. The fourth-order valence-corrected chi connectivity index (χ4v) is 2.86. The van der Waals surface area contributed by atoms with Crippen LogP contribution in [0.4, 0.5) is 0 Å². The van der Waals surface area contributed by atoms with E-state index in [-0.39, 0.29) is 5.84 Å². The van der Waals surface area contributed by atoms with Crippen molar-refractivity contribution in [3.8, 4) is 5.75 Å². The Kier molecular flexibility index (Phi) is 4.15. The van der Waals surface area contributed by atoms with E-state index < -0.39 is 0 Å². The van der Waals surface area contributed by atoms with E-state index in [0.717, 1.165) is 18.4 Å². The molecule has 0 bridgehead atoms. The van der Waals surface area contributed by atoms with Crippen molar-refractivity contribution in [1.82, 2.24) is 4.90 Å². The predicted octanol–water partition coefficient (Wildman–Crippen LogP) is 2.60. The Bertz CT molecular complexity index is 507. The minimum absolute atomic E-state index is 0.0737. The van der Waals surface area contributed by atoms with Gasteiger partial charge in [0.1, 0.15) is 11.6 Å². The molecule has 2 fully saturated rings. The van der Waals surface area contributed by atoms with E-state index in [9.17, 15) is 0 Å². The second-order valence-corrected chi connectivity index (χ2v) is 6.53. The molecule has 114 valence electrons. The van der Waals surface area contributed by atoms with Gasteiger partial charge in [-0.1, -0.05) is 6.07 Å². The van der Waals surface area contributed by atoms with Gasteiger partial charge < -0.3 is 10.5 Å². The lowest BCUT2D eigenvalue weighted by Crippen LogP contribution is -2.28. The topological polar surface area (TPSA) is 62.3 Å². The number of nitrogens with one attached hydrogen (secondary N) is 1. The minimum atomic E-state index is 0.0737. The highest BCUT2D eigenvalue weighted by atomic mass is 16.5. The van der Waals surface area contributed by atoms with Gasteiger partial charge in [0.2, 0.25) is 0 Å². The van der Waals surface area contributed by atoms with Gasteiger partial charge in [-0.05, 0) is 55.2 Å². The molecule has 0 unspecified atom stereocenters. The molecule has 1 aromatic carbocycles. The molecular formula is C17H25N3O. The molecule has 2 aliphatic rings. The first kappa shape index (κ1) is 14.4. The molecule has 0 amide bonds. The summed E-state index contributed by atoms with van der Waals surface area (Å²) in [5.41, 5.74) is 7.59. The van der Waals surface area contributed by atoms with E-state index in [0.29, 0.717) is 11.3 Å². The van der Waals surface area contributed by atoms with Gasteiger partial charge in [-0.3, -0.25) is 10.3 Å². The zero-order valence-electron chi connectivity index (χ0n) is 12.8. The van der Waals surface area contributed by atoms with Gasteiger partial charge in [0.05, 0.1) is 12.7 Å². The van der Waals surface area contributed by atoms with Crippen LogP contribution < -0.4 is 10.5 Å². The molecule has 0 saturated heterocycles. The minimum Gasteiger partial charge on any atom is -0.496 e. The maximum atomic E-state index is 7.69. The van der Waals surface area contributed by atoms with Crippen molar-refractivity contribution in [3.05, 3.63) is 29.3 Å². The first-order valence-corrected chi connectivity index (χ1v) is 7.89. The van der Waals surface area contributed by atoms with Crippen LogP contribution in [-0.4, -0.2) is 30.9 Å². The van der Waals surface area contributed by atoms with Crippen LogP contribution in [0.5, 0.6) is 5.75 Å². The Hall–Kier alpha value is -1.55. The Balaban J connectivity index is 1.71. The molecule has 0 spiro atoms. The highest BCUT2D eigenvalue weighted by Crippen LogP contribution is 2.34. The van der Waals surface area contributed by atoms with Gasteiger partial charge in [0, 0.05) is 19.6 Å². The maximum absolute atomic E-state index is 7.69. The van der Waals surface area contributed by atoms with Gasteiger partial charge in [-0.2, -0.15) is 0 Å². The molecule has 3 rings (SSSR count). The van der Waals surface area contributed by atoms with Gasteiger partial charge in [-0.25, -0.2) is 0 Å². The van der Waals surface area contributed by atoms with Gasteiger partial charge in [0.25, 0.3) is 0 Å². The second-order valence-electron chi connectivity index (χ2n) is 6.53. The van der Waals surface area contributed by atoms with E-state index in [1.54, 1.807) is 7.11 Å². The van der Waals surface area contributed by atoms with Gasteiger partial charge in [-0.15, -0.1) is 0 Å². The van der Waals surface area contributed by atoms with Crippen LogP contribution in [0.3, 0.4) is 0 Å². The van der Waals surface area contributed by atoms with Crippen LogP contribution in [0, 0.1) is 17.2 Å². The summed E-state index contributed by atoms with van der Waals surface area (Å²) in [6, 6.07) is 6.03. The standard InChI is InChI=1S/C17H25N3O/c1-21-16-7-6-14(8-15(16)17(18)19)11-20(9-12-2-3-12)10-13-4-5-13/h6-8,12-13H,2-5,9-11H2,1H3,(H3,18,19). The lowest BCUT2D eigenvalue weighted by Gasteiger charge is -2.22.